The fourth-order valence-corrected chi connectivity index (χ4v) is 2.94. The van der Waals surface area contributed by atoms with Crippen molar-refractivity contribution >= 4 is 17.5 Å². The summed E-state index contributed by atoms with van der Waals surface area (Å²) in [4.78, 5) is 25.1. The van der Waals surface area contributed by atoms with Gasteiger partial charge in [0.1, 0.15) is 5.82 Å². The molecule has 0 radical (unpaired) electrons. The monoisotopic (exact) mass is 388 g/mol. The van der Waals surface area contributed by atoms with Gasteiger partial charge in [-0.15, -0.1) is 0 Å². The van der Waals surface area contributed by atoms with E-state index in [1.165, 1.54) is 18.2 Å². The van der Waals surface area contributed by atoms with E-state index >= 15 is 0 Å². The lowest BCUT2D eigenvalue weighted by Gasteiger charge is -2.17. The highest BCUT2D eigenvalue weighted by atomic mass is 19.1. The van der Waals surface area contributed by atoms with Crippen molar-refractivity contribution < 1.29 is 28.4 Å². The van der Waals surface area contributed by atoms with Crippen LogP contribution in [0, 0.1) is 5.82 Å². The molecule has 1 heterocycles. The van der Waals surface area contributed by atoms with E-state index in [-0.39, 0.29) is 37.7 Å². The number of anilines is 1. The highest BCUT2D eigenvalue weighted by Crippen LogP contribution is 2.34. The highest BCUT2D eigenvalue weighted by molar-refractivity contribution is 5.91. The third-order valence-corrected chi connectivity index (χ3v) is 4.31. The molecule has 2 amide bonds. The van der Waals surface area contributed by atoms with Gasteiger partial charge in [-0.1, -0.05) is 12.1 Å². The molecule has 3 N–H and O–H groups in total. The standard InChI is InChI=1S/C20H22FN3O4/c1-13(14-6-7-17-18(8-14)28-12-27-17)22-19(25)10-24(2)11-20(26)23-16-5-3-4-15(21)9-16/h3-9,13H,10-12H2,1-2H3,(H,22,25)(H,23,26)/p+1/t13-/m1/s1. The maximum absolute atomic E-state index is 13.2. The number of hydrogen-bond donors (Lipinski definition) is 3. The molecule has 1 unspecified atom stereocenters. The Balaban J connectivity index is 1.46. The molecule has 0 fully saturated rings. The van der Waals surface area contributed by atoms with Crippen molar-refractivity contribution in [3.05, 3.63) is 53.8 Å². The summed E-state index contributed by atoms with van der Waals surface area (Å²) in [7, 11) is 1.75. The molecular formula is C20H23FN3O4+. The molecule has 0 aromatic heterocycles. The Morgan fingerprint density at radius 3 is 2.64 bits per heavy atom. The lowest BCUT2D eigenvalue weighted by molar-refractivity contribution is -0.862. The van der Waals surface area contributed by atoms with Gasteiger partial charge in [0.05, 0.1) is 13.1 Å². The number of likely N-dealkylation sites (N-methyl/N-ethyl adjacent to an activating group) is 1. The normalized spacial score (nSPS) is 14.2. The molecule has 1 aliphatic rings. The number of ether oxygens (including phenoxy) is 2. The molecule has 2 aromatic rings. The summed E-state index contributed by atoms with van der Waals surface area (Å²) >= 11 is 0. The van der Waals surface area contributed by atoms with Gasteiger partial charge in [-0.25, -0.2) is 4.39 Å². The average molecular weight is 388 g/mol. The van der Waals surface area contributed by atoms with Crippen molar-refractivity contribution in [3.63, 3.8) is 0 Å². The van der Waals surface area contributed by atoms with E-state index < -0.39 is 5.82 Å². The Labute approximate surface area is 162 Å². The van der Waals surface area contributed by atoms with Gasteiger partial charge in [0.2, 0.25) is 6.79 Å². The molecule has 0 spiro atoms. The van der Waals surface area contributed by atoms with Crippen molar-refractivity contribution in [1.29, 1.82) is 0 Å². The van der Waals surface area contributed by atoms with E-state index in [4.69, 9.17) is 9.47 Å². The van der Waals surface area contributed by atoms with Crippen LogP contribution in [0.1, 0.15) is 18.5 Å². The quantitative estimate of drug-likeness (QED) is 0.658. The van der Waals surface area contributed by atoms with Crippen LogP contribution in [0.3, 0.4) is 0 Å². The molecule has 2 atom stereocenters. The largest absolute Gasteiger partial charge is 0.454 e. The first-order chi connectivity index (χ1) is 13.4. The summed E-state index contributed by atoms with van der Waals surface area (Å²) in [5, 5.41) is 5.53. The van der Waals surface area contributed by atoms with Crippen LogP contribution in [0.5, 0.6) is 11.5 Å². The minimum absolute atomic E-state index is 0.0857. The van der Waals surface area contributed by atoms with Gasteiger partial charge in [0.25, 0.3) is 11.8 Å². The summed E-state index contributed by atoms with van der Waals surface area (Å²) < 4.78 is 23.8. The minimum atomic E-state index is -0.421. The number of hydrogen-bond acceptors (Lipinski definition) is 4. The third-order valence-electron chi connectivity index (χ3n) is 4.31. The zero-order valence-corrected chi connectivity index (χ0v) is 15.8. The van der Waals surface area contributed by atoms with Gasteiger partial charge in [0, 0.05) is 5.69 Å². The molecule has 2 aromatic carbocycles. The van der Waals surface area contributed by atoms with Gasteiger partial charge in [-0.05, 0) is 42.8 Å². The van der Waals surface area contributed by atoms with Gasteiger partial charge in [0.15, 0.2) is 24.6 Å². The molecule has 8 heteroatoms. The first kappa shape index (κ1) is 19.6. The second-order valence-electron chi connectivity index (χ2n) is 6.77. The number of rotatable bonds is 7. The Morgan fingerprint density at radius 1 is 1.11 bits per heavy atom. The zero-order chi connectivity index (χ0) is 20.1. The van der Waals surface area contributed by atoms with E-state index in [9.17, 15) is 14.0 Å². The Bertz CT molecular complexity index is 874. The van der Waals surface area contributed by atoms with E-state index in [0.717, 1.165) is 5.56 Å². The SMILES string of the molecule is C[C@@H](NC(=O)C[NH+](C)CC(=O)Nc1cccc(F)c1)c1ccc2c(c1)OCO2. The smallest absolute Gasteiger partial charge is 0.279 e. The topological polar surface area (TPSA) is 81.1 Å². The third kappa shape index (κ3) is 5.20. The molecule has 28 heavy (non-hydrogen) atoms. The minimum Gasteiger partial charge on any atom is -0.454 e. The fraction of sp³-hybridized carbons (Fsp3) is 0.300. The second kappa shape index (κ2) is 8.71. The number of carbonyl (C=O) groups is 2. The fourth-order valence-electron chi connectivity index (χ4n) is 2.94. The van der Waals surface area contributed by atoms with Crippen LogP contribution in [0.25, 0.3) is 0 Å². The molecule has 0 aliphatic carbocycles. The molecule has 7 nitrogen and oxygen atoms in total. The van der Waals surface area contributed by atoms with Crippen LogP contribution in [-0.4, -0.2) is 38.7 Å². The average Bonchev–Trinajstić information content (AvgIpc) is 3.08. The maximum Gasteiger partial charge on any atom is 0.279 e. The summed E-state index contributed by atoms with van der Waals surface area (Å²) in [6.45, 7) is 2.29. The van der Waals surface area contributed by atoms with Gasteiger partial charge >= 0.3 is 0 Å². The van der Waals surface area contributed by atoms with E-state index in [1.807, 2.05) is 25.1 Å². The molecule has 3 rings (SSSR count). The lowest BCUT2D eigenvalue weighted by atomic mass is 10.1. The number of benzene rings is 2. The summed E-state index contributed by atoms with van der Waals surface area (Å²) in [6, 6.07) is 11.0. The number of nitrogens with one attached hydrogen (secondary N) is 3. The van der Waals surface area contributed by atoms with Crippen LogP contribution < -0.4 is 25.0 Å². The number of amides is 2. The number of carbonyl (C=O) groups excluding carboxylic acids is 2. The predicted molar refractivity (Wildman–Crippen MR) is 101 cm³/mol. The first-order valence-electron chi connectivity index (χ1n) is 8.96. The van der Waals surface area contributed by atoms with Gasteiger partial charge in [-0.2, -0.15) is 0 Å². The van der Waals surface area contributed by atoms with Crippen molar-refractivity contribution in [1.82, 2.24) is 5.32 Å². The van der Waals surface area contributed by atoms with E-state index in [1.54, 1.807) is 13.1 Å². The Morgan fingerprint density at radius 2 is 1.86 bits per heavy atom. The molecule has 1 aliphatic heterocycles. The van der Waals surface area contributed by atoms with Gasteiger partial charge < -0.3 is 25.0 Å². The van der Waals surface area contributed by atoms with Crippen LogP contribution in [-0.2, 0) is 9.59 Å². The van der Waals surface area contributed by atoms with E-state index in [2.05, 4.69) is 10.6 Å². The van der Waals surface area contributed by atoms with Crippen molar-refractivity contribution in [2.45, 2.75) is 13.0 Å². The molecule has 0 saturated heterocycles. The summed E-state index contributed by atoms with van der Waals surface area (Å²) in [5.74, 6) is 0.461. The Kier molecular flexibility index (Phi) is 6.10. The van der Waals surface area contributed by atoms with Crippen LogP contribution in [0.2, 0.25) is 0 Å². The molecule has 148 valence electrons. The van der Waals surface area contributed by atoms with Crippen LogP contribution in [0.15, 0.2) is 42.5 Å². The molecular weight excluding hydrogens is 365 g/mol. The predicted octanol–water partition coefficient (Wildman–Crippen LogP) is 0.885. The molecule has 0 saturated carbocycles. The van der Waals surface area contributed by atoms with Gasteiger partial charge in [-0.3, -0.25) is 9.59 Å². The molecule has 0 bridgehead atoms. The lowest BCUT2D eigenvalue weighted by Crippen LogP contribution is -3.11. The number of halogens is 1. The van der Waals surface area contributed by atoms with Crippen molar-refractivity contribution in [2.24, 2.45) is 0 Å². The number of fused-ring (bicyclic) bond motifs is 1. The highest BCUT2D eigenvalue weighted by Gasteiger charge is 2.19. The number of quaternary nitrogens is 1. The van der Waals surface area contributed by atoms with E-state index in [0.29, 0.717) is 22.1 Å². The van der Waals surface area contributed by atoms with Crippen LogP contribution in [0.4, 0.5) is 10.1 Å². The summed E-state index contributed by atoms with van der Waals surface area (Å²) in [6.07, 6.45) is 0. The second-order valence-corrected chi connectivity index (χ2v) is 6.77. The van der Waals surface area contributed by atoms with Crippen LogP contribution >= 0.6 is 0 Å². The maximum atomic E-state index is 13.2. The zero-order valence-electron chi connectivity index (χ0n) is 15.8. The van der Waals surface area contributed by atoms with Crippen molar-refractivity contribution in [3.8, 4) is 11.5 Å². The first-order valence-corrected chi connectivity index (χ1v) is 8.96. The summed E-state index contributed by atoms with van der Waals surface area (Å²) in [5.41, 5.74) is 1.29. The van der Waals surface area contributed by atoms with Crippen molar-refractivity contribution in [2.75, 3.05) is 32.2 Å². The Hall–Kier alpha value is -3.13.